The van der Waals surface area contributed by atoms with Gasteiger partial charge in [-0.25, -0.2) is 0 Å². The van der Waals surface area contributed by atoms with Gasteiger partial charge in [0.2, 0.25) is 5.91 Å². The first-order chi connectivity index (χ1) is 7.84. The molecule has 0 aromatic rings. The average Bonchev–Trinajstić information content (AvgIpc) is 2.73. The van der Waals surface area contributed by atoms with Crippen LogP contribution in [0.3, 0.4) is 0 Å². The minimum absolute atomic E-state index is 0.197. The first-order valence-corrected chi connectivity index (χ1v) is 6.93. The van der Waals surface area contributed by atoms with Crippen molar-refractivity contribution in [2.75, 3.05) is 6.54 Å². The summed E-state index contributed by atoms with van der Waals surface area (Å²) in [4.78, 5) is 14.6. The minimum atomic E-state index is -0.197. The molecule has 1 saturated carbocycles. The van der Waals surface area contributed by atoms with Gasteiger partial charge in [0, 0.05) is 6.54 Å². The van der Waals surface area contributed by atoms with Gasteiger partial charge in [-0.1, -0.05) is 33.6 Å². The van der Waals surface area contributed by atoms with Crippen LogP contribution < -0.4 is 5.32 Å². The summed E-state index contributed by atoms with van der Waals surface area (Å²) in [7, 11) is 0. The number of nitrogens with zero attached hydrogens (tertiary/aromatic N) is 1. The van der Waals surface area contributed by atoms with Crippen LogP contribution in [0.5, 0.6) is 0 Å². The third-order valence-corrected chi connectivity index (χ3v) is 4.18. The van der Waals surface area contributed by atoms with Gasteiger partial charge in [0.05, 0.1) is 11.7 Å². The molecule has 1 heterocycles. The van der Waals surface area contributed by atoms with Gasteiger partial charge in [-0.05, 0) is 31.6 Å². The molecule has 2 rings (SSSR count). The molecule has 1 atom stereocenters. The highest BCUT2D eigenvalue weighted by molar-refractivity contribution is 5.89. The van der Waals surface area contributed by atoms with Gasteiger partial charge in [0.15, 0.2) is 0 Å². The number of carbonyl (C=O) groups is 1. The summed E-state index contributed by atoms with van der Waals surface area (Å²) in [5.41, 5.74) is 0.0999. The van der Waals surface area contributed by atoms with Crippen LogP contribution in [0, 0.1) is 5.41 Å². The summed E-state index contributed by atoms with van der Waals surface area (Å²) in [5, 5.41) is 3.54. The molecule has 3 nitrogen and oxygen atoms in total. The van der Waals surface area contributed by atoms with Crippen LogP contribution in [0.25, 0.3) is 0 Å². The van der Waals surface area contributed by atoms with Crippen molar-refractivity contribution in [3.63, 3.8) is 0 Å². The largest absolute Gasteiger partial charge is 0.326 e. The van der Waals surface area contributed by atoms with E-state index in [2.05, 4.69) is 37.9 Å². The topological polar surface area (TPSA) is 32.3 Å². The highest BCUT2D eigenvalue weighted by atomic mass is 16.2. The summed E-state index contributed by atoms with van der Waals surface area (Å²) in [5.74, 6) is 0.353. The van der Waals surface area contributed by atoms with Crippen LogP contribution in [-0.4, -0.2) is 29.1 Å². The molecule has 1 aliphatic heterocycles. The molecule has 3 heteroatoms. The highest BCUT2D eigenvalue weighted by Gasteiger charge is 2.50. The van der Waals surface area contributed by atoms with Gasteiger partial charge in [0.1, 0.15) is 0 Å². The van der Waals surface area contributed by atoms with E-state index in [1.165, 1.54) is 12.8 Å². The molecule has 1 spiro atoms. The van der Waals surface area contributed by atoms with Gasteiger partial charge in [-0.15, -0.1) is 0 Å². The Kier molecular flexibility index (Phi) is 3.23. The number of rotatable bonds is 2. The molecule has 1 saturated heterocycles. The number of amides is 1. The fourth-order valence-electron chi connectivity index (χ4n) is 3.08. The van der Waals surface area contributed by atoms with E-state index in [1.54, 1.807) is 0 Å². The van der Waals surface area contributed by atoms with Crippen molar-refractivity contribution in [1.29, 1.82) is 0 Å². The molecular formula is C14H26N2O. The first-order valence-electron chi connectivity index (χ1n) is 6.93. The fraction of sp³-hybridized carbons (Fsp3) is 0.929. The molecule has 0 aromatic heterocycles. The molecule has 2 aliphatic rings. The van der Waals surface area contributed by atoms with Gasteiger partial charge in [0.25, 0.3) is 0 Å². The zero-order valence-corrected chi connectivity index (χ0v) is 11.7. The maximum Gasteiger partial charge on any atom is 0.244 e. The molecule has 0 bridgehead atoms. The van der Waals surface area contributed by atoms with E-state index in [-0.39, 0.29) is 11.7 Å². The highest BCUT2D eigenvalue weighted by Crippen LogP contribution is 2.36. The lowest BCUT2D eigenvalue weighted by Crippen LogP contribution is -2.44. The predicted octanol–water partition coefficient (Wildman–Crippen LogP) is 2.51. The van der Waals surface area contributed by atoms with Crippen LogP contribution in [0.1, 0.15) is 59.8 Å². The fourth-order valence-corrected chi connectivity index (χ4v) is 3.08. The molecule has 1 aliphatic carbocycles. The average molecular weight is 238 g/mol. The smallest absolute Gasteiger partial charge is 0.244 e. The Bertz CT molecular complexity index is 300. The molecule has 1 unspecified atom stereocenters. The van der Waals surface area contributed by atoms with Crippen molar-refractivity contribution in [2.45, 2.75) is 71.5 Å². The quantitative estimate of drug-likeness (QED) is 0.801. The molecule has 1 N–H and O–H groups in total. The number of nitrogens with one attached hydrogen (secondary N) is 1. The maximum atomic E-state index is 12.5. The molecule has 98 valence electrons. The van der Waals surface area contributed by atoms with E-state index in [4.69, 9.17) is 0 Å². The van der Waals surface area contributed by atoms with E-state index < -0.39 is 0 Å². The first kappa shape index (κ1) is 12.9. The molecular weight excluding hydrogens is 212 g/mol. The van der Waals surface area contributed by atoms with Crippen molar-refractivity contribution in [1.82, 2.24) is 10.2 Å². The molecule has 17 heavy (non-hydrogen) atoms. The van der Waals surface area contributed by atoms with Gasteiger partial charge in [-0.3, -0.25) is 10.1 Å². The zero-order chi connectivity index (χ0) is 12.7. The van der Waals surface area contributed by atoms with E-state index >= 15 is 0 Å². The van der Waals surface area contributed by atoms with Crippen molar-refractivity contribution in [3.05, 3.63) is 0 Å². The van der Waals surface area contributed by atoms with Crippen molar-refractivity contribution < 1.29 is 4.79 Å². The Balaban J connectivity index is 2.01. The van der Waals surface area contributed by atoms with Gasteiger partial charge in [-0.2, -0.15) is 0 Å². The summed E-state index contributed by atoms with van der Waals surface area (Å²) >= 11 is 0. The van der Waals surface area contributed by atoms with Crippen LogP contribution in [-0.2, 0) is 4.79 Å². The van der Waals surface area contributed by atoms with E-state index in [9.17, 15) is 4.79 Å². The third kappa shape index (κ3) is 2.49. The standard InChI is InChI=1S/C14H26N2O/c1-11-15-14(7-5-6-8-14)12(17)16(11)10-9-13(2,3)4/h11,15H,5-10H2,1-4H3. The Morgan fingerprint density at radius 3 is 2.47 bits per heavy atom. The second-order valence-electron chi connectivity index (χ2n) is 6.92. The molecule has 2 fully saturated rings. The normalized spacial score (nSPS) is 28.4. The second kappa shape index (κ2) is 4.27. The SMILES string of the molecule is CC1NC2(CCCC2)C(=O)N1CCC(C)(C)C. The van der Waals surface area contributed by atoms with Crippen LogP contribution >= 0.6 is 0 Å². The third-order valence-electron chi connectivity index (χ3n) is 4.18. The lowest BCUT2D eigenvalue weighted by Gasteiger charge is -2.26. The van der Waals surface area contributed by atoms with Crippen molar-refractivity contribution >= 4 is 5.91 Å². The van der Waals surface area contributed by atoms with E-state index in [0.29, 0.717) is 11.3 Å². The Labute approximate surface area is 105 Å². The Morgan fingerprint density at radius 1 is 1.35 bits per heavy atom. The Morgan fingerprint density at radius 2 is 1.94 bits per heavy atom. The molecule has 1 amide bonds. The predicted molar refractivity (Wildman–Crippen MR) is 69.6 cm³/mol. The second-order valence-corrected chi connectivity index (χ2v) is 6.92. The Hall–Kier alpha value is -0.570. The van der Waals surface area contributed by atoms with Gasteiger partial charge >= 0.3 is 0 Å². The monoisotopic (exact) mass is 238 g/mol. The number of hydrogen-bond donors (Lipinski definition) is 1. The zero-order valence-electron chi connectivity index (χ0n) is 11.7. The van der Waals surface area contributed by atoms with E-state index in [0.717, 1.165) is 25.8 Å². The summed E-state index contributed by atoms with van der Waals surface area (Å²) in [6, 6.07) is 0. The van der Waals surface area contributed by atoms with Gasteiger partial charge < -0.3 is 4.90 Å². The minimum Gasteiger partial charge on any atom is -0.326 e. The molecule has 0 radical (unpaired) electrons. The number of carbonyl (C=O) groups excluding carboxylic acids is 1. The van der Waals surface area contributed by atoms with Crippen molar-refractivity contribution in [3.8, 4) is 0 Å². The summed E-state index contributed by atoms with van der Waals surface area (Å²) in [6.45, 7) is 9.71. The van der Waals surface area contributed by atoms with Crippen LogP contribution in [0.2, 0.25) is 0 Å². The lowest BCUT2D eigenvalue weighted by molar-refractivity contribution is -0.133. The molecule has 0 aromatic carbocycles. The van der Waals surface area contributed by atoms with Crippen LogP contribution in [0.15, 0.2) is 0 Å². The van der Waals surface area contributed by atoms with E-state index in [1.807, 2.05) is 0 Å². The number of hydrogen-bond acceptors (Lipinski definition) is 2. The van der Waals surface area contributed by atoms with Crippen LogP contribution in [0.4, 0.5) is 0 Å². The summed E-state index contributed by atoms with van der Waals surface area (Å²) < 4.78 is 0. The summed E-state index contributed by atoms with van der Waals surface area (Å²) in [6.07, 6.45) is 5.73. The lowest BCUT2D eigenvalue weighted by atomic mass is 9.91. The maximum absolute atomic E-state index is 12.5. The van der Waals surface area contributed by atoms with Crippen molar-refractivity contribution in [2.24, 2.45) is 5.41 Å².